The molecule has 2 heterocycles. The van der Waals surface area contributed by atoms with E-state index in [4.69, 9.17) is 22.4 Å². The Labute approximate surface area is 105 Å². The van der Waals surface area contributed by atoms with Gasteiger partial charge in [0.15, 0.2) is 0 Å². The lowest BCUT2D eigenvalue weighted by molar-refractivity contribution is 0.513. The van der Waals surface area contributed by atoms with E-state index in [-0.39, 0.29) is 0 Å². The number of rotatable bonds is 5. The summed E-state index contributed by atoms with van der Waals surface area (Å²) in [5, 5.41) is 3.24. The fraction of sp³-hybridized carbons (Fsp3) is 0.167. The number of pyridine rings is 1. The van der Waals surface area contributed by atoms with Crippen LogP contribution < -0.4 is 11.1 Å². The van der Waals surface area contributed by atoms with E-state index >= 15 is 0 Å². The van der Waals surface area contributed by atoms with E-state index in [0.29, 0.717) is 10.7 Å². The van der Waals surface area contributed by atoms with Crippen molar-refractivity contribution in [2.75, 3.05) is 11.9 Å². The first-order valence-electron chi connectivity index (χ1n) is 5.28. The second-order valence-corrected chi connectivity index (χ2v) is 3.96. The molecule has 17 heavy (non-hydrogen) atoms. The molecule has 0 bridgehead atoms. The number of hydrogen-bond acceptors (Lipinski definition) is 4. The molecule has 2 aromatic rings. The van der Waals surface area contributed by atoms with Gasteiger partial charge in [-0.2, -0.15) is 0 Å². The molecule has 5 heteroatoms. The number of hydrogen-bond donors (Lipinski definition) is 2. The van der Waals surface area contributed by atoms with Crippen molar-refractivity contribution in [2.45, 2.75) is 6.42 Å². The molecule has 0 unspecified atom stereocenters. The quantitative estimate of drug-likeness (QED) is 0.791. The van der Waals surface area contributed by atoms with Crippen LogP contribution in [0.1, 0.15) is 11.5 Å². The zero-order valence-electron chi connectivity index (χ0n) is 9.22. The van der Waals surface area contributed by atoms with Gasteiger partial charge in [0.2, 0.25) is 0 Å². The standard InChI is InChI=1S/C12H13N3OS/c13-12(17)11-10(4-1-6-15-11)14-7-5-9-3-2-8-16-9/h1-4,6,8,14H,5,7H2,(H2,13,17). The zero-order valence-corrected chi connectivity index (χ0v) is 10.0. The van der Waals surface area contributed by atoms with E-state index in [1.807, 2.05) is 24.3 Å². The molecule has 0 radical (unpaired) electrons. The Morgan fingerprint density at radius 3 is 3.00 bits per heavy atom. The lowest BCUT2D eigenvalue weighted by atomic mass is 10.2. The average molecular weight is 247 g/mol. The van der Waals surface area contributed by atoms with Gasteiger partial charge in [0.05, 0.1) is 12.0 Å². The Hall–Kier alpha value is -1.88. The molecule has 0 spiro atoms. The molecule has 2 aromatic heterocycles. The summed E-state index contributed by atoms with van der Waals surface area (Å²) in [5.74, 6) is 0.943. The van der Waals surface area contributed by atoms with Crippen LogP contribution in [-0.2, 0) is 6.42 Å². The topological polar surface area (TPSA) is 64.1 Å². The first-order valence-corrected chi connectivity index (χ1v) is 5.69. The van der Waals surface area contributed by atoms with Crippen LogP contribution in [-0.4, -0.2) is 16.5 Å². The van der Waals surface area contributed by atoms with Gasteiger partial charge in [0.1, 0.15) is 16.4 Å². The molecular formula is C12H13N3OS. The van der Waals surface area contributed by atoms with E-state index in [9.17, 15) is 0 Å². The lowest BCUT2D eigenvalue weighted by Gasteiger charge is -2.08. The molecule has 0 saturated carbocycles. The Kier molecular flexibility index (Phi) is 3.72. The van der Waals surface area contributed by atoms with Gasteiger partial charge in [-0.3, -0.25) is 4.98 Å². The molecule has 4 nitrogen and oxygen atoms in total. The molecule has 88 valence electrons. The van der Waals surface area contributed by atoms with Crippen LogP contribution >= 0.6 is 12.2 Å². The maximum absolute atomic E-state index is 5.59. The van der Waals surface area contributed by atoms with E-state index < -0.39 is 0 Å². The van der Waals surface area contributed by atoms with Gasteiger partial charge in [-0.25, -0.2) is 0 Å². The van der Waals surface area contributed by atoms with E-state index in [0.717, 1.165) is 24.4 Å². The minimum absolute atomic E-state index is 0.297. The van der Waals surface area contributed by atoms with Crippen LogP contribution in [0.15, 0.2) is 41.1 Å². The Bertz CT molecular complexity index is 496. The van der Waals surface area contributed by atoms with E-state index in [2.05, 4.69) is 10.3 Å². The van der Waals surface area contributed by atoms with Crippen molar-refractivity contribution in [3.05, 3.63) is 48.2 Å². The van der Waals surface area contributed by atoms with Crippen molar-refractivity contribution in [1.82, 2.24) is 4.98 Å². The van der Waals surface area contributed by atoms with Crippen molar-refractivity contribution in [3.8, 4) is 0 Å². The predicted molar refractivity (Wildman–Crippen MR) is 71.0 cm³/mol. The van der Waals surface area contributed by atoms with Crippen LogP contribution in [0.2, 0.25) is 0 Å². The lowest BCUT2D eigenvalue weighted by Crippen LogP contribution is -2.16. The van der Waals surface area contributed by atoms with Gasteiger partial charge in [0, 0.05) is 19.2 Å². The highest BCUT2D eigenvalue weighted by molar-refractivity contribution is 7.80. The predicted octanol–water partition coefficient (Wildman–Crippen LogP) is 1.96. The van der Waals surface area contributed by atoms with E-state index in [1.54, 1.807) is 12.5 Å². The van der Waals surface area contributed by atoms with Gasteiger partial charge in [0.25, 0.3) is 0 Å². The SMILES string of the molecule is NC(=S)c1ncccc1NCCc1ccco1. The molecule has 0 aromatic carbocycles. The highest BCUT2D eigenvalue weighted by atomic mass is 32.1. The van der Waals surface area contributed by atoms with Crippen molar-refractivity contribution < 1.29 is 4.42 Å². The maximum Gasteiger partial charge on any atom is 0.124 e. The third-order valence-electron chi connectivity index (χ3n) is 2.31. The summed E-state index contributed by atoms with van der Waals surface area (Å²) < 4.78 is 5.24. The van der Waals surface area contributed by atoms with Gasteiger partial charge < -0.3 is 15.5 Å². The fourth-order valence-corrected chi connectivity index (χ4v) is 1.68. The Balaban J connectivity index is 1.97. The molecular weight excluding hydrogens is 234 g/mol. The van der Waals surface area contributed by atoms with Crippen LogP contribution in [0.25, 0.3) is 0 Å². The molecule has 0 atom stereocenters. The third kappa shape index (κ3) is 3.04. The summed E-state index contributed by atoms with van der Waals surface area (Å²) in [6, 6.07) is 7.57. The molecule has 0 fully saturated rings. The molecule has 0 aliphatic carbocycles. The number of thiocarbonyl (C=S) groups is 1. The normalized spacial score (nSPS) is 10.1. The van der Waals surface area contributed by atoms with Crippen molar-refractivity contribution in [2.24, 2.45) is 5.73 Å². The smallest absolute Gasteiger partial charge is 0.124 e. The summed E-state index contributed by atoms with van der Waals surface area (Å²) in [6.45, 7) is 0.745. The summed E-state index contributed by atoms with van der Waals surface area (Å²) >= 11 is 4.94. The number of nitrogens with two attached hydrogens (primary N) is 1. The highest BCUT2D eigenvalue weighted by Gasteiger charge is 2.05. The van der Waals surface area contributed by atoms with Gasteiger partial charge in [-0.1, -0.05) is 12.2 Å². The Morgan fingerprint density at radius 1 is 1.41 bits per heavy atom. The van der Waals surface area contributed by atoms with Crippen molar-refractivity contribution in [3.63, 3.8) is 0 Å². The molecule has 0 aliphatic heterocycles. The van der Waals surface area contributed by atoms with E-state index in [1.165, 1.54) is 0 Å². The molecule has 0 aliphatic rings. The molecule has 0 saturated heterocycles. The summed E-state index contributed by atoms with van der Waals surface area (Å²) in [4.78, 5) is 4.44. The highest BCUT2D eigenvalue weighted by Crippen LogP contribution is 2.12. The number of aromatic nitrogens is 1. The van der Waals surface area contributed by atoms with Crippen molar-refractivity contribution >= 4 is 22.9 Å². The largest absolute Gasteiger partial charge is 0.469 e. The number of nitrogens with one attached hydrogen (secondary N) is 1. The van der Waals surface area contributed by atoms with Crippen molar-refractivity contribution in [1.29, 1.82) is 0 Å². The fourth-order valence-electron chi connectivity index (χ4n) is 1.52. The van der Waals surface area contributed by atoms with Gasteiger partial charge in [-0.15, -0.1) is 0 Å². The number of nitrogens with zero attached hydrogens (tertiary/aromatic N) is 1. The molecule has 2 rings (SSSR count). The maximum atomic E-state index is 5.59. The monoisotopic (exact) mass is 247 g/mol. The molecule has 0 amide bonds. The minimum atomic E-state index is 0.297. The van der Waals surface area contributed by atoms with Crippen LogP contribution in [0.4, 0.5) is 5.69 Å². The summed E-state index contributed by atoms with van der Waals surface area (Å²) in [7, 11) is 0. The summed E-state index contributed by atoms with van der Waals surface area (Å²) in [5.41, 5.74) is 7.07. The number of furan rings is 1. The second-order valence-electron chi connectivity index (χ2n) is 3.52. The number of anilines is 1. The summed E-state index contributed by atoms with van der Waals surface area (Å²) in [6.07, 6.45) is 4.14. The first-order chi connectivity index (χ1) is 8.27. The van der Waals surface area contributed by atoms with Gasteiger partial charge >= 0.3 is 0 Å². The second kappa shape index (κ2) is 5.45. The van der Waals surface area contributed by atoms with Crippen LogP contribution in [0.3, 0.4) is 0 Å². The Morgan fingerprint density at radius 2 is 2.29 bits per heavy atom. The van der Waals surface area contributed by atoms with Crippen LogP contribution in [0.5, 0.6) is 0 Å². The van der Waals surface area contributed by atoms with Gasteiger partial charge in [-0.05, 0) is 24.3 Å². The molecule has 3 N–H and O–H groups in total. The zero-order chi connectivity index (χ0) is 12.1. The first kappa shape index (κ1) is 11.6. The minimum Gasteiger partial charge on any atom is -0.469 e. The average Bonchev–Trinajstić information content (AvgIpc) is 2.82. The third-order valence-corrected chi connectivity index (χ3v) is 2.50. The van der Waals surface area contributed by atoms with Crippen LogP contribution in [0, 0.1) is 0 Å².